The Bertz CT molecular complexity index is 146. The maximum atomic E-state index is 5.23. The third kappa shape index (κ3) is 4.21. The van der Waals surface area contributed by atoms with Crippen LogP contribution in [0.5, 0.6) is 0 Å². The Morgan fingerprint density at radius 3 is 2.70 bits per heavy atom. The average molecular weight is 136 g/mol. The molecule has 0 heterocycles. The fourth-order valence-corrected chi connectivity index (χ4v) is 0.672. The molecule has 0 rings (SSSR count). The van der Waals surface area contributed by atoms with Crippen molar-refractivity contribution in [3.63, 3.8) is 0 Å². The summed E-state index contributed by atoms with van der Waals surface area (Å²) in [6.45, 7) is 6.29. The van der Waals surface area contributed by atoms with E-state index in [0.29, 0.717) is 5.92 Å². The molecule has 0 aromatic heterocycles. The molecule has 0 aromatic carbocycles. The van der Waals surface area contributed by atoms with Crippen molar-refractivity contribution in [2.24, 2.45) is 5.92 Å². The van der Waals surface area contributed by atoms with E-state index >= 15 is 0 Å². The zero-order valence-electron chi connectivity index (χ0n) is 7.15. The summed E-state index contributed by atoms with van der Waals surface area (Å²) in [5.74, 6) is 3.14. The van der Waals surface area contributed by atoms with Crippen LogP contribution in [0.25, 0.3) is 0 Å². The molecule has 0 aliphatic rings. The summed E-state index contributed by atoms with van der Waals surface area (Å²) in [5, 5.41) is 0. The molecule has 0 saturated carbocycles. The van der Waals surface area contributed by atoms with Crippen molar-refractivity contribution in [2.75, 3.05) is 0 Å². The lowest BCUT2D eigenvalue weighted by molar-refractivity contribution is 0.665. The molecule has 0 nitrogen and oxygen atoms in total. The smallest absolute Gasteiger partial charge is 0.0175 e. The molecule has 0 amide bonds. The minimum Gasteiger partial charge on any atom is -0.120 e. The Morgan fingerprint density at radius 1 is 1.70 bits per heavy atom. The summed E-state index contributed by atoms with van der Waals surface area (Å²) in [6.07, 6.45) is 9.63. The Balaban J connectivity index is 3.47. The van der Waals surface area contributed by atoms with Crippen molar-refractivity contribution in [1.29, 1.82) is 0 Å². The highest BCUT2D eigenvalue weighted by Gasteiger charge is 1.95. The van der Waals surface area contributed by atoms with E-state index in [9.17, 15) is 0 Å². The van der Waals surface area contributed by atoms with Crippen LogP contribution in [0.1, 0.15) is 33.6 Å². The molecule has 1 unspecified atom stereocenters. The van der Waals surface area contributed by atoms with Gasteiger partial charge in [-0.1, -0.05) is 18.6 Å². The highest BCUT2D eigenvalue weighted by Crippen LogP contribution is 2.09. The van der Waals surface area contributed by atoms with Gasteiger partial charge in [0.1, 0.15) is 0 Å². The van der Waals surface area contributed by atoms with Crippen molar-refractivity contribution >= 4 is 0 Å². The largest absolute Gasteiger partial charge is 0.120 e. The minimum absolute atomic E-state index is 0.426. The average Bonchev–Trinajstić information content (AvgIpc) is 1.99. The molecule has 0 aliphatic heterocycles. The first-order chi connectivity index (χ1) is 4.70. The van der Waals surface area contributed by atoms with E-state index in [1.165, 1.54) is 5.57 Å². The highest BCUT2D eigenvalue weighted by molar-refractivity contribution is 4.98. The van der Waals surface area contributed by atoms with Gasteiger partial charge in [0.2, 0.25) is 0 Å². The molecule has 0 aromatic rings. The summed E-state index contributed by atoms with van der Waals surface area (Å²) in [6, 6.07) is 0. The first kappa shape index (κ1) is 9.30. The minimum atomic E-state index is 0.426. The van der Waals surface area contributed by atoms with E-state index in [-0.39, 0.29) is 0 Å². The van der Waals surface area contributed by atoms with Crippen LogP contribution < -0.4 is 0 Å². The second kappa shape index (κ2) is 5.11. The van der Waals surface area contributed by atoms with E-state index in [2.05, 4.69) is 32.8 Å². The van der Waals surface area contributed by atoms with Crippen LogP contribution in [0.15, 0.2) is 11.6 Å². The Labute approximate surface area is 64.3 Å². The topological polar surface area (TPSA) is 0 Å². The van der Waals surface area contributed by atoms with Gasteiger partial charge < -0.3 is 0 Å². The first-order valence-corrected chi connectivity index (χ1v) is 3.78. The molecule has 0 aliphatic carbocycles. The molecule has 56 valence electrons. The third-order valence-corrected chi connectivity index (χ3v) is 1.75. The van der Waals surface area contributed by atoms with Crippen LogP contribution in [0.4, 0.5) is 0 Å². The maximum Gasteiger partial charge on any atom is 0.0175 e. The number of allylic oxidation sites excluding steroid dienone is 2. The number of hydrogen-bond donors (Lipinski definition) is 0. The standard InChI is InChI=1S/C10H16/c1-5-9(3)7-8-10(4)6-2/h1,6,9H,7-8H2,2-4H3/b10-6-. The van der Waals surface area contributed by atoms with Crippen LogP contribution in [-0.2, 0) is 0 Å². The van der Waals surface area contributed by atoms with Gasteiger partial charge in [-0.2, -0.15) is 0 Å². The summed E-state index contributed by atoms with van der Waals surface area (Å²) >= 11 is 0. The maximum absolute atomic E-state index is 5.23. The van der Waals surface area contributed by atoms with Crippen LogP contribution >= 0.6 is 0 Å². The predicted octanol–water partition coefficient (Wildman–Crippen LogP) is 3.00. The molecule has 0 bridgehead atoms. The van der Waals surface area contributed by atoms with Crippen molar-refractivity contribution in [2.45, 2.75) is 33.6 Å². The normalized spacial score (nSPS) is 14.4. The van der Waals surface area contributed by atoms with Gasteiger partial charge in [-0.3, -0.25) is 0 Å². The lowest BCUT2D eigenvalue weighted by Gasteiger charge is -2.02. The highest BCUT2D eigenvalue weighted by atomic mass is 14.0. The lowest BCUT2D eigenvalue weighted by atomic mass is 10.0. The van der Waals surface area contributed by atoms with Crippen LogP contribution in [0, 0.1) is 18.3 Å². The number of hydrogen-bond acceptors (Lipinski definition) is 0. The van der Waals surface area contributed by atoms with Crippen LogP contribution in [-0.4, -0.2) is 0 Å². The second-order valence-corrected chi connectivity index (χ2v) is 2.74. The van der Waals surface area contributed by atoms with Crippen molar-refractivity contribution in [3.05, 3.63) is 11.6 Å². The number of terminal acetylenes is 1. The van der Waals surface area contributed by atoms with Gasteiger partial charge in [-0.25, -0.2) is 0 Å². The summed E-state index contributed by atoms with van der Waals surface area (Å²) in [5.41, 5.74) is 1.43. The van der Waals surface area contributed by atoms with E-state index in [0.717, 1.165) is 12.8 Å². The van der Waals surface area contributed by atoms with Crippen LogP contribution in [0.3, 0.4) is 0 Å². The van der Waals surface area contributed by atoms with Gasteiger partial charge in [0.05, 0.1) is 0 Å². The molecule has 0 radical (unpaired) electrons. The molecule has 0 spiro atoms. The Morgan fingerprint density at radius 2 is 2.30 bits per heavy atom. The van der Waals surface area contributed by atoms with Crippen molar-refractivity contribution in [1.82, 2.24) is 0 Å². The van der Waals surface area contributed by atoms with Gasteiger partial charge in [0.25, 0.3) is 0 Å². The van der Waals surface area contributed by atoms with Crippen molar-refractivity contribution in [3.8, 4) is 12.3 Å². The fraction of sp³-hybridized carbons (Fsp3) is 0.600. The number of rotatable bonds is 3. The lowest BCUT2D eigenvalue weighted by Crippen LogP contribution is -1.89. The summed E-state index contributed by atoms with van der Waals surface area (Å²) in [4.78, 5) is 0. The van der Waals surface area contributed by atoms with E-state index in [4.69, 9.17) is 6.42 Å². The molecule has 0 saturated heterocycles. The molecule has 0 N–H and O–H groups in total. The molecule has 1 atom stereocenters. The van der Waals surface area contributed by atoms with E-state index in [1.54, 1.807) is 0 Å². The molecule has 10 heavy (non-hydrogen) atoms. The van der Waals surface area contributed by atoms with Gasteiger partial charge in [-0.05, 0) is 26.7 Å². The van der Waals surface area contributed by atoms with Crippen LogP contribution in [0.2, 0.25) is 0 Å². The van der Waals surface area contributed by atoms with Gasteiger partial charge in [-0.15, -0.1) is 12.3 Å². The second-order valence-electron chi connectivity index (χ2n) is 2.74. The van der Waals surface area contributed by atoms with Gasteiger partial charge >= 0.3 is 0 Å². The Kier molecular flexibility index (Phi) is 4.76. The zero-order valence-corrected chi connectivity index (χ0v) is 7.15. The molecule has 0 heteroatoms. The first-order valence-electron chi connectivity index (χ1n) is 3.78. The van der Waals surface area contributed by atoms with Crippen molar-refractivity contribution < 1.29 is 0 Å². The summed E-state index contributed by atoms with van der Waals surface area (Å²) in [7, 11) is 0. The zero-order chi connectivity index (χ0) is 7.98. The molecule has 0 fully saturated rings. The molecular formula is C10H16. The molecular weight excluding hydrogens is 120 g/mol. The predicted molar refractivity (Wildman–Crippen MR) is 46.7 cm³/mol. The van der Waals surface area contributed by atoms with E-state index in [1.807, 2.05) is 0 Å². The monoisotopic (exact) mass is 136 g/mol. The Hall–Kier alpha value is -0.700. The fourth-order valence-electron chi connectivity index (χ4n) is 0.672. The summed E-state index contributed by atoms with van der Waals surface area (Å²) < 4.78 is 0. The quantitative estimate of drug-likeness (QED) is 0.413. The van der Waals surface area contributed by atoms with Gasteiger partial charge in [0.15, 0.2) is 0 Å². The van der Waals surface area contributed by atoms with E-state index < -0.39 is 0 Å². The third-order valence-electron chi connectivity index (χ3n) is 1.75. The van der Waals surface area contributed by atoms with Gasteiger partial charge in [0, 0.05) is 5.92 Å². The SMILES string of the molecule is C#CC(C)CC/C(C)=C\C.